The molecule has 2 heteroatoms. The molecule has 0 nitrogen and oxygen atoms in total. The third-order valence-electron chi connectivity index (χ3n) is 2.16. The van der Waals surface area contributed by atoms with Crippen molar-refractivity contribution in [1.82, 2.24) is 0 Å². The molecular formula is C12H19SY-. The number of rotatable bonds is 2. The van der Waals surface area contributed by atoms with E-state index in [1.165, 1.54) is 11.1 Å². The molecule has 0 saturated heterocycles. The van der Waals surface area contributed by atoms with Crippen LogP contribution in [0.15, 0.2) is 16.1 Å². The van der Waals surface area contributed by atoms with Gasteiger partial charge >= 0.3 is 0 Å². The van der Waals surface area contributed by atoms with Crippen LogP contribution in [0.1, 0.15) is 34.6 Å². The summed E-state index contributed by atoms with van der Waals surface area (Å²) < 4.78 is 0. The van der Waals surface area contributed by atoms with Crippen LogP contribution in [0.25, 0.3) is 0 Å². The Hall–Kier alpha value is 0.934. The van der Waals surface area contributed by atoms with Gasteiger partial charge in [-0.05, 0) is 5.75 Å². The van der Waals surface area contributed by atoms with Crippen LogP contribution in [0.2, 0.25) is 0 Å². The molecule has 0 aromatic carbocycles. The van der Waals surface area contributed by atoms with Crippen LogP contribution in [0.3, 0.4) is 0 Å². The van der Waals surface area contributed by atoms with Crippen molar-refractivity contribution in [2.45, 2.75) is 34.6 Å². The van der Waals surface area contributed by atoms with Crippen LogP contribution in [0, 0.1) is 17.9 Å². The van der Waals surface area contributed by atoms with E-state index < -0.39 is 0 Å². The second-order valence-corrected chi connectivity index (χ2v) is 5.30. The van der Waals surface area contributed by atoms with E-state index in [0.717, 1.165) is 5.75 Å². The summed E-state index contributed by atoms with van der Waals surface area (Å²) in [4.78, 5) is 1.54. The minimum absolute atomic E-state index is 0. The first-order valence-electron chi connectivity index (χ1n) is 4.98. The summed E-state index contributed by atoms with van der Waals surface area (Å²) in [6.45, 7) is 11.2. The zero-order valence-corrected chi connectivity index (χ0v) is 13.5. The molecule has 0 spiro atoms. The van der Waals surface area contributed by atoms with E-state index >= 15 is 0 Å². The molecule has 0 N–H and O–H groups in total. The Morgan fingerprint density at radius 2 is 1.71 bits per heavy atom. The molecule has 0 amide bonds. The molecule has 0 bridgehead atoms. The van der Waals surface area contributed by atoms with Gasteiger partial charge in [0.05, 0.1) is 0 Å². The van der Waals surface area contributed by atoms with Crippen LogP contribution in [-0.4, -0.2) is 5.75 Å². The van der Waals surface area contributed by atoms with Gasteiger partial charge in [-0.2, -0.15) is 10.5 Å². The first-order chi connectivity index (χ1) is 6.02. The van der Waals surface area contributed by atoms with Crippen LogP contribution >= 0.6 is 11.8 Å². The fraction of sp³-hybridized carbons (Fsp3) is 0.667. The maximum Gasteiger partial charge on any atom is 0 e. The first-order valence-corrected chi connectivity index (χ1v) is 5.97. The van der Waals surface area contributed by atoms with E-state index in [-0.39, 0.29) is 32.7 Å². The van der Waals surface area contributed by atoms with Gasteiger partial charge in [-0.1, -0.05) is 46.5 Å². The van der Waals surface area contributed by atoms with Gasteiger partial charge in [0.1, 0.15) is 0 Å². The Morgan fingerprint density at radius 1 is 1.14 bits per heavy atom. The molecule has 0 aromatic heterocycles. The molecule has 1 heterocycles. The standard InChI is InChI=1S/C12H19S.Y/c1-8(2)11-6-10(5)7-13-12(11)9(3)4;/h8-9H,7H2,1-5H3;/q-1;. The fourth-order valence-electron chi connectivity index (χ4n) is 1.50. The average Bonchev–Trinajstić information content (AvgIpc) is 2.03. The second kappa shape index (κ2) is 6.50. The molecule has 1 aliphatic rings. The molecule has 1 radical (unpaired) electrons. The third kappa shape index (κ3) is 3.83. The van der Waals surface area contributed by atoms with Crippen LogP contribution in [0.5, 0.6) is 0 Å². The van der Waals surface area contributed by atoms with E-state index in [4.69, 9.17) is 0 Å². The van der Waals surface area contributed by atoms with Gasteiger partial charge in [-0.15, -0.1) is 0 Å². The van der Waals surface area contributed by atoms with Crippen molar-refractivity contribution in [1.29, 1.82) is 0 Å². The van der Waals surface area contributed by atoms with Crippen molar-refractivity contribution in [2.24, 2.45) is 11.8 Å². The van der Waals surface area contributed by atoms with Gasteiger partial charge in [0.15, 0.2) is 0 Å². The fourth-order valence-corrected chi connectivity index (χ4v) is 2.72. The van der Waals surface area contributed by atoms with Crippen molar-refractivity contribution in [3.8, 4) is 0 Å². The SMILES string of the molecule is CC1=[C-]C(C(C)C)=C(C(C)C)SC1.[Y]. The monoisotopic (exact) mass is 284 g/mol. The van der Waals surface area contributed by atoms with E-state index in [9.17, 15) is 0 Å². The van der Waals surface area contributed by atoms with Crippen molar-refractivity contribution >= 4 is 11.8 Å². The van der Waals surface area contributed by atoms with Gasteiger partial charge < -0.3 is 0 Å². The summed E-state index contributed by atoms with van der Waals surface area (Å²) in [5.41, 5.74) is 2.82. The van der Waals surface area contributed by atoms with E-state index in [2.05, 4.69) is 40.7 Å². The second-order valence-electron chi connectivity index (χ2n) is 4.28. The van der Waals surface area contributed by atoms with E-state index in [1.54, 1.807) is 4.91 Å². The minimum Gasteiger partial charge on any atom is -0.247 e. The van der Waals surface area contributed by atoms with Crippen molar-refractivity contribution in [2.75, 3.05) is 5.75 Å². The van der Waals surface area contributed by atoms with Crippen molar-refractivity contribution < 1.29 is 32.7 Å². The minimum atomic E-state index is 0. The summed E-state index contributed by atoms with van der Waals surface area (Å²) in [6.07, 6.45) is 3.52. The summed E-state index contributed by atoms with van der Waals surface area (Å²) in [5, 5.41) is 0. The maximum atomic E-state index is 3.52. The van der Waals surface area contributed by atoms with Crippen LogP contribution in [-0.2, 0) is 32.7 Å². The molecule has 0 atom stereocenters. The Morgan fingerprint density at radius 3 is 2.14 bits per heavy atom. The molecule has 14 heavy (non-hydrogen) atoms. The molecule has 0 fully saturated rings. The van der Waals surface area contributed by atoms with Gasteiger partial charge in [-0.25, -0.2) is 23.4 Å². The molecule has 1 rings (SSSR count). The molecule has 0 unspecified atom stereocenters. The molecule has 1 aliphatic heterocycles. The number of hydrogen-bond acceptors (Lipinski definition) is 1. The largest absolute Gasteiger partial charge is 0.247 e. The van der Waals surface area contributed by atoms with E-state index in [1.807, 2.05) is 11.8 Å². The first kappa shape index (κ1) is 14.9. The molecule has 0 saturated carbocycles. The predicted octanol–water partition coefficient (Wildman–Crippen LogP) is 4.05. The Labute approximate surface area is 118 Å². The topological polar surface area (TPSA) is 0 Å². The molecule has 0 aliphatic carbocycles. The van der Waals surface area contributed by atoms with Gasteiger partial charge in [0.25, 0.3) is 0 Å². The Balaban J connectivity index is 0.00000169. The summed E-state index contributed by atoms with van der Waals surface area (Å²) in [5.74, 6) is 2.40. The van der Waals surface area contributed by atoms with Crippen LogP contribution in [0.4, 0.5) is 0 Å². The number of hydrogen-bond donors (Lipinski definition) is 0. The number of thioether (sulfide) groups is 1. The molecule has 0 aromatic rings. The summed E-state index contributed by atoms with van der Waals surface area (Å²) in [7, 11) is 0. The van der Waals surface area contributed by atoms with E-state index in [0.29, 0.717) is 11.8 Å². The normalized spacial score (nSPS) is 17.2. The third-order valence-corrected chi connectivity index (χ3v) is 3.74. The number of allylic oxidation sites excluding steroid dienone is 3. The predicted molar refractivity (Wildman–Crippen MR) is 61.6 cm³/mol. The maximum absolute atomic E-state index is 3.52. The summed E-state index contributed by atoms with van der Waals surface area (Å²) >= 11 is 2.00. The molecule has 77 valence electrons. The van der Waals surface area contributed by atoms with Crippen molar-refractivity contribution in [3.05, 3.63) is 22.1 Å². The van der Waals surface area contributed by atoms with Gasteiger partial charge in [0, 0.05) is 32.7 Å². The van der Waals surface area contributed by atoms with Crippen molar-refractivity contribution in [3.63, 3.8) is 0 Å². The average molecular weight is 284 g/mol. The van der Waals surface area contributed by atoms with Gasteiger partial charge in [0.2, 0.25) is 0 Å². The smallest absolute Gasteiger partial charge is 0 e. The van der Waals surface area contributed by atoms with Crippen LogP contribution < -0.4 is 0 Å². The zero-order chi connectivity index (χ0) is 10.0. The zero-order valence-electron chi connectivity index (χ0n) is 9.85. The quantitative estimate of drug-likeness (QED) is 0.689. The Kier molecular flexibility index (Phi) is 6.94. The van der Waals surface area contributed by atoms with Gasteiger partial charge in [-0.3, -0.25) is 0 Å². The Bertz CT molecular complexity index is 249. The molecular weight excluding hydrogens is 265 g/mol. The summed E-state index contributed by atoms with van der Waals surface area (Å²) in [6, 6.07) is 0.